The van der Waals surface area contributed by atoms with Crippen molar-refractivity contribution in [1.82, 2.24) is 14.1 Å². The van der Waals surface area contributed by atoms with E-state index in [0.717, 1.165) is 16.4 Å². The van der Waals surface area contributed by atoms with Gasteiger partial charge in [-0.25, -0.2) is 17.4 Å². The van der Waals surface area contributed by atoms with Gasteiger partial charge in [0.25, 0.3) is 5.91 Å². The molecule has 128 valence electrons. The number of nitrogens with zero attached hydrogens (tertiary/aromatic N) is 3. The van der Waals surface area contributed by atoms with Gasteiger partial charge in [0.05, 0.1) is 24.2 Å². The summed E-state index contributed by atoms with van der Waals surface area (Å²) in [7, 11) is -3.55. The molecule has 1 saturated heterocycles. The van der Waals surface area contributed by atoms with Crippen molar-refractivity contribution >= 4 is 15.9 Å². The van der Waals surface area contributed by atoms with Crippen molar-refractivity contribution < 1.29 is 17.9 Å². The van der Waals surface area contributed by atoms with Crippen LogP contribution in [0.5, 0.6) is 5.75 Å². The predicted octanol–water partition coefficient (Wildman–Crippen LogP) is 1.84. The van der Waals surface area contributed by atoms with Gasteiger partial charge in [-0.15, -0.1) is 0 Å². The van der Waals surface area contributed by atoms with E-state index < -0.39 is 15.9 Å². The summed E-state index contributed by atoms with van der Waals surface area (Å²) in [6.07, 6.45) is 2.83. The predicted molar refractivity (Wildman–Crippen MR) is 88.8 cm³/mol. The highest BCUT2D eigenvalue weighted by atomic mass is 32.2. The Labute approximate surface area is 140 Å². The number of aromatic nitrogens is 2. The minimum Gasteiger partial charge on any atom is -0.489 e. The average Bonchev–Trinajstić information content (AvgIpc) is 3.16. The summed E-state index contributed by atoms with van der Waals surface area (Å²) in [5.41, 5.74) is 0.792. The number of rotatable bonds is 5. The maximum Gasteiger partial charge on any atom is 0.291 e. The number of hydrogen-bond donors (Lipinski definition) is 0. The van der Waals surface area contributed by atoms with Gasteiger partial charge < -0.3 is 4.74 Å². The van der Waals surface area contributed by atoms with E-state index in [-0.39, 0.29) is 18.0 Å². The van der Waals surface area contributed by atoms with Crippen molar-refractivity contribution in [3.63, 3.8) is 0 Å². The van der Waals surface area contributed by atoms with E-state index in [4.69, 9.17) is 4.74 Å². The Kier molecular flexibility index (Phi) is 4.57. The summed E-state index contributed by atoms with van der Waals surface area (Å²) in [5.74, 6) is -0.343. The van der Waals surface area contributed by atoms with Crippen molar-refractivity contribution in [3.05, 3.63) is 42.2 Å². The summed E-state index contributed by atoms with van der Waals surface area (Å²) in [4.78, 5) is 12.7. The van der Waals surface area contributed by atoms with Crippen LogP contribution in [-0.2, 0) is 10.0 Å². The summed E-state index contributed by atoms with van der Waals surface area (Å²) < 4.78 is 32.0. The zero-order chi connectivity index (χ0) is 17.2. The molecule has 3 rings (SSSR count). The van der Waals surface area contributed by atoms with Crippen molar-refractivity contribution in [2.45, 2.75) is 19.8 Å². The first-order valence-electron chi connectivity index (χ1n) is 7.85. The van der Waals surface area contributed by atoms with Crippen LogP contribution in [0.25, 0.3) is 5.69 Å². The molecular weight excluding hydrogens is 330 g/mol. The van der Waals surface area contributed by atoms with Gasteiger partial charge in [-0.3, -0.25) is 4.79 Å². The van der Waals surface area contributed by atoms with Crippen LogP contribution in [0.4, 0.5) is 0 Å². The molecule has 0 atom stereocenters. The zero-order valence-corrected chi connectivity index (χ0v) is 14.2. The lowest BCUT2D eigenvalue weighted by Crippen LogP contribution is -2.33. The van der Waals surface area contributed by atoms with Gasteiger partial charge in [-0.2, -0.15) is 5.10 Å². The Hall–Kier alpha value is -2.35. The Morgan fingerprint density at radius 2 is 2.04 bits per heavy atom. The number of ether oxygens (including phenoxy) is 1. The third-order valence-electron chi connectivity index (χ3n) is 3.69. The molecule has 1 aromatic carbocycles. The number of hydrogen-bond acceptors (Lipinski definition) is 5. The standard InChI is InChI=1S/C16H19N3O4S/c1-2-10-23-14-12-18(13-7-4-3-5-8-13)17-15(14)16(20)19-9-6-11-24(19,21)22/h3-5,7-8,12H,2,6,9-11H2,1H3. The van der Waals surface area contributed by atoms with Gasteiger partial charge in [0.2, 0.25) is 10.0 Å². The molecule has 1 aromatic heterocycles. The summed E-state index contributed by atoms with van der Waals surface area (Å²) in [6.45, 7) is 2.56. The van der Waals surface area contributed by atoms with Crippen molar-refractivity contribution in [1.29, 1.82) is 0 Å². The molecule has 24 heavy (non-hydrogen) atoms. The smallest absolute Gasteiger partial charge is 0.291 e. The normalized spacial score (nSPS) is 16.3. The lowest BCUT2D eigenvalue weighted by molar-refractivity contribution is 0.0860. The first kappa shape index (κ1) is 16.5. The lowest BCUT2D eigenvalue weighted by Gasteiger charge is -2.13. The first-order chi connectivity index (χ1) is 11.5. The quantitative estimate of drug-likeness (QED) is 0.823. The van der Waals surface area contributed by atoms with Crippen LogP contribution in [0.3, 0.4) is 0 Å². The Morgan fingerprint density at radius 3 is 2.67 bits per heavy atom. The summed E-state index contributed by atoms with van der Waals surface area (Å²) in [5, 5.41) is 4.28. The number of carbonyl (C=O) groups excluding carboxylic acids is 1. The number of amides is 1. The van der Waals surface area contributed by atoms with Crippen LogP contribution in [0.2, 0.25) is 0 Å². The van der Waals surface area contributed by atoms with Crippen LogP contribution in [-0.4, -0.2) is 47.3 Å². The van der Waals surface area contributed by atoms with Gasteiger partial charge in [-0.05, 0) is 25.0 Å². The fourth-order valence-corrected chi connectivity index (χ4v) is 3.98. The molecule has 1 amide bonds. The third kappa shape index (κ3) is 3.14. The molecule has 0 N–H and O–H groups in total. The van der Waals surface area contributed by atoms with Gasteiger partial charge in [0, 0.05) is 6.54 Å². The van der Waals surface area contributed by atoms with Crippen molar-refractivity contribution in [2.75, 3.05) is 18.9 Å². The molecule has 2 aromatic rings. The fraction of sp³-hybridized carbons (Fsp3) is 0.375. The second-order valence-electron chi connectivity index (χ2n) is 5.52. The molecule has 0 bridgehead atoms. The van der Waals surface area contributed by atoms with Crippen LogP contribution < -0.4 is 4.74 Å². The minimum absolute atomic E-state index is 0.0106. The molecule has 1 aliphatic rings. The van der Waals surface area contributed by atoms with Gasteiger partial charge in [0.1, 0.15) is 0 Å². The maximum absolute atomic E-state index is 12.7. The highest BCUT2D eigenvalue weighted by Gasteiger charge is 2.36. The van der Waals surface area contributed by atoms with Gasteiger partial charge in [0.15, 0.2) is 11.4 Å². The number of benzene rings is 1. The average molecular weight is 349 g/mol. The molecule has 1 aliphatic heterocycles. The van der Waals surface area contributed by atoms with E-state index in [1.807, 2.05) is 37.3 Å². The Balaban J connectivity index is 1.99. The molecule has 7 nitrogen and oxygen atoms in total. The van der Waals surface area contributed by atoms with E-state index in [1.54, 1.807) is 6.20 Å². The largest absolute Gasteiger partial charge is 0.489 e. The van der Waals surface area contributed by atoms with Gasteiger partial charge >= 0.3 is 0 Å². The van der Waals surface area contributed by atoms with Crippen LogP contribution in [0.15, 0.2) is 36.5 Å². The van der Waals surface area contributed by atoms with Crippen LogP contribution in [0, 0.1) is 0 Å². The molecule has 0 spiro atoms. The van der Waals surface area contributed by atoms with E-state index in [9.17, 15) is 13.2 Å². The number of para-hydroxylation sites is 1. The Morgan fingerprint density at radius 1 is 1.29 bits per heavy atom. The molecule has 8 heteroatoms. The SMILES string of the molecule is CCCOc1cn(-c2ccccc2)nc1C(=O)N1CCCS1(=O)=O. The second-order valence-corrected chi connectivity index (χ2v) is 7.53. The highest BCUT2D eigenvalue weighted by Crippen LogP contribution is 2.25. The molecule has 0 saturated carbocycles. The second kappa shape index (κ2) is 6.64. The summed E-state index contributed by atoms with van der Waals surface area (Å²) >= 11 is 0. The van der Waals surface area contributed by atoms with E-state index >= 15 is 0 Å². The fourth-order valence-electron chi connectivity index (χ4n) is 2.52. The summed E-state index contributed by atoms with van der Waals surface area (Å²) in [6, 6.07) is 9.28. The zero-order valence-electron chi connectivity index (χ0n) is 13.4. The molecular formula is C16H19N3O4S. The topological polar surface area (TPSA) is 81.5 Å². The van der Waals surface area contributed by atoms with E-state index in [0.29, 0.717) is 18.8 Å². The maximum atomic E-state index is 12.7. The number of sulfonamides is 1. The molecule has 0 radical (unpaired) electrons. The molecule has 1 fully saturated rings. The monoisotopic (exact) mass is 349 g/mol. The van der Waals surface area contributed by atoms with Gasteiger partial charge in [-0.1, -0.05) is 25.1 Å². The van der Waals surface area contributed by atoms with Crippen molar-refractivity contribution in [2.24, 2.45) is 0 Å². The highest BCUT2D eigenvalue weighted by molar-refractivity contribution is 7.89. The van der Waals surface area contributed by atoms with E-state index in [1.165, 1.54) is 4.68 Å². The Bertz CT molecular complexity index is 830. The van der Waals surface area contributed by atoms with Crippen molar-refractivity contribution in [3.8, 4) is 11.4 Å². The number of carbonyl (C=O) groups is 1. The molecule has 2 heterocycles. The minimum atomic E-state index is -3.55. The first-order valence-corrected chi connectivity index (χ1v) is 9.46. The lowest BCUT2D eigenvalue weighted by atomic mass is 10.3. The van der Waals surface area contributed by atoms with Crippen LogP contribution >= 0.6 is 0 Å². The third-order valence-corrected chi connectivity index (χ3v) is 5.52. The molecule has 0 unspecified atom stereocenters. The van der Waals surface area contributed by atoms with E-state index in [2.05, 4.69) is 5.10 Å². The van der Waals surface area contributed by atoms with Crippen LogP contribution in [0.1, 0.15) is 30.3 Å². The molecule has 0 aliphatic carbocycles.